The Morgan fingerprint density at radius 3 is 2.71 bits per heavy atom. The SMILES string of the molecule is O=C(c1cc2ccccc2oc1=O)N(CCN1CCOCC1)c1nc2ccccc2s1. The highest BCUT2D eigenvalue weighted by molar-refractivity contribution is 7.22. The second-order valence-electron chi connectivity index (χ2n) is 7.36. The molecule has 0 N–H and O–H groups in total. The van der Waals surface area contributed by atoms with Gasteiger partial charge < -0.3 is 9.15 Å². The highest BCUT2D eigenvalue weighted by Gasteiger charge is 2.25. The predicted octanol–water partition coefficient (Wildman–Crippen LogP) is 3.38. The molecule has 0 spiro atoms. The fourth-order valence-corrected chi connectivity index (χ4v) is 4.67. The zero-order chi connectivity index (χ0) is 21.2. The average Bonchev–Trinajstić information content (AvgIpc) is 3.23. The third-order valence-corrected chi connectivity index (χ3v) is 6.43. The van der Waals surface area contributed by atoms with Gasteiger partial charge in [0.05, 0.1) is 23.4 Å². The van der Waals surface area contributed by atoms with Crippen LogP contribution < -0.4 is 10.5 Å². The number of para-hydroxylation sites is 2. The molecule has 0 unspecified atom stereocenters. The quantitative estimate of drug-likeness (QED) is 0.448. The number of ether oxygens (including phenoxy) is 1. The average molecular weight is 436 g/mol. The maximum Gasteiger partial charge on any atom is 0.349 e. The van der Waals surface area contributed by atoms with Crippen LogP contribution in [0.3, 0.4) is 0 Å². The molecule has 0 radical (unpaired) electrons. The molecule has 8 heteroatoms. The van der Waals surface area contributed by atoms with Gasteiger partial charge in [-0.1, -0.05) is 41.7 Å². The summed E-state index contributed by atoms with van der Waals surface area (Å²) in [4.78, 5) is 34.7. The molecule has 0 saturated carbocycles. The Kier molecular flexibility index (Phi) is 5.50. The highest BCUT2D eigenvalue weighted by Crippen LogP contribution is 2.29. The topological polar surface area (TPSA) is 75.9 Å². The number of nitrogens with zero attached hydrogens (tertiary/aromatic N) is 3. The van der Waals surface area contributed by atoms with Crippen molar-refractivity contribution in [1.82, 2.24) is 9.88 Å². The van der Waals surface area contributed by atoms with E-state index < -0.39 is 11.5 Å². The summed E-state index contributed by atoms with van der Waals surface area (Å²) in [5.41, 5.74) is 0.669. The molecule has 7 nitrogen and oxygen atoms in total. The molecule has 31 heavy (non-hydrogen) atoms. The molecule has 2 aromatic carbocycles. The molecule has 1 amide bonds. The minimum Gasteiger partial charge on any atom is -0.422 e. The van der Waals surface area contributed by atoms with Crippen LogP contribution in [0.2, 0.25) is 0 Å². The van der Waals surface area contributed by atoms with Gasteiger partial charge in [0.15, 0.2) is 5.13 Å². The van der Waals surface area contributed by atoms with Gasteiger partial charge in [0, 0.05) is 31.6 Å². The summed E-state index contributed by atoms with van der Waals surface area (Å²) in [6.45, 7) is 4.10. The fourth-order valence-electron chi connectivity index (χ4n) is 3.68. The van der Waals surface area contributed by atoms with Crippen molar-refractivity contribution in [3.63, 3.8) is 0 Å². The third-order valence-electron chi connectivity index (χ3n) is 5.37. The number of thiazole rings is 1. The molecule has 0 atom stereocenters. The summed E-state index contributed by atoms with van der Waals surface area (Å²) in [5.74, 6) is -0.396. The van der Waals surface area contributed by atoms with Gasteiger partial charge in [-0.25, -0.2) is 9.78 Å². The molecule has 158 valence electrons. The highest BCUT2D eigenvalue weighted by atomic mass is 32.1. The van der Waals surface area contributed by atoms with E-state index in [0.29, 0.717) is 42.4 Å². The first-order chi connectivity index (χ1) is 15.2. The smallest absolute Gasteiger partial charge is 0.349 e. The Morgan fingerprint density at radius 2 is 1.87 bits per heavy atom. The predicted molar refractivity (Wildman–Crippen MR) is 121 cm³/mol. The summed E-state index contributed by atoms with van der Waals surface area (Å²) in [7, 11) is 0. The molecule has 1 fully saturated rings. The first-order valence-corrected chi connectivity index (χ1v) is 11.0. The number of aromatic nitrogens is 1. The van der Waals surface area contributed by atoms with E-state index in [-0.39, 0.29) is 5.56 Å². The van der Waals surface area contributed by atoms with E-state index in [1.165, 1.54) is 11.3 Å². The van der Waals surface area contributed by atoms with Crippen molar-refractivity contribution in [3.8, 4) is 0 Å². The van der Waals surface area contributed by atoms with E-state index in [4.69, 9.17) is 9.15 Å². The molecular formula is C23H21N3O4S. The number of amides is 1. The number of anilines is 1. The molecule has 2 aromatic heterocycles. The van der Waals surface area contributed by atoms with Gasteiger partial charge in [0.2, 0.25) is 0 Å². The lowest BCUT2D eigenvalue weighted by atomic mass is 10.1. The minimum absolute atomic E-state index is 0.0138. The molecular weight excluding hydrogens is 414 g/mol. The molecule has 1 aliphatic heterocycles. The van der Waals surface area contributed by atoms with Gasteiger partial charge in [0.1, 0.15) is 11.1 Å². The zero-order valence-electron chi connectivity index (χ0n) is 16.8. The lowest BCUT2D eigenvalue weighted by Gasteiger charge is -2.29. The Morgan fingerprint density at radius 1 is 1.10 bits per heavy atom. The summed E-state index contributed by atoms with van der Waals surface area (Å²) >= 11 is 1.44. The van der Waals surface area contributed by atoms with Crippen LogP contribution in [0.5, 0.6) is 0 Å². The summed E-state index contributed by atoms with van der Waals surface area (Å²) in [6.07, 6.45) is 0. The van der Waals surface area contributed by atoms with Crippen LogP contribution in [0, 0.1) is 0 Å². The number of morpholine rings is 1. The molecule has 4 aromatic rings. The molecule has 1 aliphatic rings. The minimum atomic E-state index is -0.638. The second-order valence-corrected chi connectivity index (χ2v) is 8.37. The Balaban J connectivity index is 1.51. The Bertz CT molecular complexity index is 1260. The van der Waals surface area contributed by atoms with Gasteiger partial charge >= 0.3 is 5.63 Å². The number of hydrogen-bond acceptors (Lipinski definition) is 7. The van der Waals surface area contributed by atoms with Gasteiger partial charge in [0.25, 0.3) is 5.91 Å². The monoisotopic (exact) mass is 435 g/mol. The van der Waals surface area contributed by atoms with E-state index >= 15 is 0 Å². The zero-order valence-corrected chi connectivity index (χ0v) is 17.6. The molecule has 3 heterocycles. The van der Waals surface area contributed by atoms with Crippen molar-refractivity contribution >= 4 is 43.6 Å². The number of rotatable bonds is 5. The number of hydrogen-bond donors (Lipinski definition) is 0. The summed E-state index contributed by atoms with van der Waals surface area (Å²) in [5, 5.41) is 1.29. The van der Waals surface area contributed by atoms with E-state index in [9.17, 15) is 9.59 Å². The standard InChI is InChI=1S/C23H21N3O4S/c27-21(17-15-16-5-1-3-7-19(16)30-22(17)28)26(10-9-25-11-13-29-14-12-25)23-24-18-6-2-4-8-20(18)31-23/h1-8,15H,9-14H2. The molecule has 5 rings (SSSR count). The number of benzene rings is 2. The lowest BCUT2D eigenvalue weighted by molar-refractivity contribution is 0.0391. The number of fused-ring (bicyclic) bond motifs is 2. The fraction of sp³-hybridized carbons (Fsp3) is 0.261. The van der Waals surface area contributed by atoms with Crippen LogP contribution in [0.1, 0.15) is 10.4 Å². The van der Waals surface area contributed by atoms with Crippen LogP contribution in [-0.4, -0.2) is 55.2 Å². The van der Waals surface area contributed by atoms with Crippen LogP contribution in [0.4, 0.5) is 5.13 Å². The second kappa shape index (κ2) is 8.58. The van der Waals surface area contributed by atoms with Crippen molar-refractivity contribution in [2.45, 2.75) is 0 Å². The van der Waals surface area contributed by atoms with Gasteiger partial charge in [-0.15, -0.1) is 0 Å². The first-order valence-electron chi connectivity index (χ1n) is 10.2. The maximum atomic E-state index is 13.5. The van der Waals surface area contributed by atoms with Crippen molar-refractivity contribution in [1.29, 1.82) is 0 Å². The van der Waals surface area contributed by atoms with Crippen LogP contribution in [-0.2, 0) is 4.74 Å². The van der Waals surface area contributed by atoms with Crippen molar-refractivity contribution < 1.29 is 13.9 Å². The molecule has 1 saturated heterocycles. The van der Waals surface area contributed by atoms with Gasteiger partial charge in [-0.3, -0.25) is 14.6 Å². The lowest BCUT2D eigenvalue weighted by Crippen LogP contribution is -2.44. The Labute approximate surface area is 182 Å². The van der Waals surface area contributed by atoms with Crippen LogP contribution >= 0.6 is 11.3 Å². The van der Waals surface area contributed by atoms with Crippen LogP contribution in [0.25, 0.3) is 21.2 Å². The maximum absolute atomic E-state index is 13.5. The van der Waals surface area contributed by atoms with E-state index in [2.05, 4.69) is 9.88 Å². The number of carbonyl (C=O) groups is 1. The van der Waals surface area contributed by atoms with E-state index in [0.717, 1.165) is 23.3 Å². The van der Waals surface area contributed by atoms with E-state index in [1.54, 1.807) is 23.1 Å². The normalized spacial score (nSPS) is 14.8. The van der Waals surface area contributed by atoms with Crippen molar-refractivity contribution in [3.05, 3.63) is 70.6 Å². The van der Waals surface area contributed by atoms with Crippen molar-refractivity contribution in [2.75, 3.05) is 44.3 Å². The van der Waals surface area contributed by atoms with Gasteiger partial charge in [-0.05, 0) is 24.3 Å². The summed E-state index contributed by atoms with van der Waals surface area (Å²) in [6, 6.07) is 16.6. The summed E-state index contributed by atoms with van der Waals surface area (Å²) < 4.78 is 11.8. The van der Waals surface area contributed by atoms with Crippen molar-refractivity contribution in [2.24, 2.45) is 0 Å². The Hall–Kier alpha value is -3.07. The number of carbonyl (C=O) groups excluding carboxylic acids is 1. The van der Waals surface area contributed by atoms with Crippen LogP contribution in [0.15, 0.2) is 63.8 Å². The molecule has 0 bridgehead atoms. The molecule has 0 aliphatic carbocycles. The van der Waals surface area contributed by atoms with E-state index in [1.807, 2.05) is 36.4 Å². The van der Waals surface area contributed by atoms with Gasteiger partial charge in [-0.2, -0.15) is 0 Å². The third kappa shape index (κ3) is 4.10. The largest absolute Gasteiger partial charge is 0.422 e. The first kappa shape index (κ1) is 19.9.